The second kappa shape index (κ2) is 7.54. The van der Waals surface area contributed by atoms with Gasteiger partial charge < -0.3 is 14.5 Å². The normalized spacial score (nSPS) is 28.4. The first-order valence-electron chi connectivity index (χ1n) is 10.0. The van der Waals surface area contributed by atoms with E-state index in [-0.39, 0.29) is 24.0 Å². The van der Waals surface area contributed by atoms with Crippen LogP contribution in [0, 0.1) is 11.8 Å². The molecule has 0 bridgehead atoms. The van der Waals surface area contributed by atoms with Crippen LogP contribution in [-0.2, 0) is 14.3 Å². The highest BCUT2D eigenvalue weighted by Gasteiger charge is 2.44. The minimum Gasteiger partial charge on any atom is -0.363 e. The number of carbonyl (C=O) groups is 2. The molecule has 7 nitrogen and oxygen atoms in total. The summed E-state index contributed by atoms with van der Waals surface area (Å²) < 4.78 is 5.99. The molecule has 0 atom stereocenters. The SMILES string of the molecule is CC1CCC(C(=O)N2CCC3(CC2)CN(c2cncnc2)C(=O)CO3)CC1. The number of likely N-dealkylation sites (tertiary alicyclic amines) is 1. The van der Waals surface area contributed by atoms with Gasteiger partial charge in [0.25, 0.3) is 5.91 Å². The topological polar surface area (TPSA) is 75.6 Å². The van der Waals surface area contributed by atoms with Crippen molar-refractivity contribution in [2.45, 2.75) is 51.0 Å². The van der Waals surface area contributed by atoms with E-state index in [0.29, 0.717) is 31.2 Å². The first-order chi connectivity index (χ1) is 13.1. The highest BCUT2D eigenvalue weighted by molar-refractivity contribution is 5.94. The molecule has 2 saturated heterocycles. The van der Waals surface area contributed by atoms with Crippen LogP contribution in [0.3, 0.4) is 0 Å². The fourth-order valence-electron chi connectivity index (χ4n) is 4.58. The third kappa shape index (κ3) is 3.83. The van der Waals surface area contributed by atoms with Crippen molar-refractivity contribution in [3.8, 4) is 0 Å². The van der Waals surface area contributed by atoms with Crippen LogP contribution in [0.4, 0.5) is 5.69 Å². The predicted molar refractivity (Wildman–Crippen MR) is 100 cm³/mol. The number of aromatic nitrogens is 2. The second-order valence-corrected chi connectivity index (χ2v) is 8.33. The number of carbonyl (C=O) groups excluding carboxylic acids is 2. The molecular weight excluding hydrogens is 344 g/mol. The number of amides is 2. The van der Waals surface area contributed by atoms with Gasteiger partial charge in [-0.3, -0.25) is 9.59 Å². The Bertz CT molecular complexity index is 680. The van der Waals surface area contributed by atoms with Crippen LogP contribution in [0.1, 0.15) is 45.4 Å². The summed E-state index contributed by atoms with van der Waals surface area (Å²) in [7, 11) is 0. The van der Waals surface area contributed by atoms with Gasteiger partial charge in [0.1, 0.15) is 12.9 Å². The molecule has 2 aliphatic heterocycles. The van der Waals surface area contributed by atoms with Crippen LogP contribution < -0.4 is 4.90 Å². The van der Waals surface area contributed by atoms with Crippen LogP contribution in [0.25, 0.3) is 0 Å². The highest BCUT2D eigenvalue weighted by Crippen LogP contribution is 2.35. The largest absolute Gasteiger partial charge is 0.363 e. The van der Waals surface area contributed by atoms with E-state index < -0.39 is 0 Å². The molecule has 7 heteroatoms. The summed E-state index contributed by atoms with van der Waals surface area (Å²) in [5.74, 6) is 1.20. The lowest BCUT2D eigenvalue weighted by molar-refractivity contribution is -0.152. The smallest absolute Gasteiger partial charge is 0.253 e. The number of hydrogen-bond donors (Lipinski definition) is 0. The maximum Gasteiger partial charge on any atom is 0.253 e. The number of nitrogens with zero attached hydrogens (tertiary/aromatic N) is 4. The van der Waals surface area contributed by atoms with E-state index in [2.05, 4.69) is 16.9 Å². The Kier molecular flexibility index (Phi) is 5.12. The number of morpholine rings is 1. The highest BCUT2D eigenvalue weighted by atomic mass is 16.5. The zero-order valence-electron chi connectivity index (χ0n) is 16.0. The van der Waals surface area contributed by atoms with Crippen LogP contribution in [-0.4, -0.2) is 58.5 Å². The van der Waals surface area contributed by atoms with Gasteiger partial charge >= 0.3 is 0 Å². The number of anilines is 1. The van der Waals surface area contributed by atoms with Crippen molar-refractivity contribution in [3.63, 3.8) is 0 Å². The molecular formula is C20H28N4O3. The molecule has 1 aliphatic carbocycles. The number of piperidine rings is 1. The molecule has 0 N–H and O–H groups in total. The predicted octanol–water partition coefficient (Wildman–Crippen LogP) is 2.03. The first-order valence-corrected chi connectivity index (χ1v) is 10.0. The molecule has 1 aromatic heterocycles. The van der Waals surface area contributed by atoms with Crippen molar-refractivity contribution in [1.29, 1.82) is 0 Å². The molecule has 3 aliphatic rings. The lowest BCUT2D eigenvalue weighted by atomic mass is 9.81. The minimum atomic E-state index is -0.373. The molecule has 1 aromatic rings. The molecule has 27 heavy (non-hydrogen) atoms. The number of hydrogen-bond acceptors (Lipinski definition) is 5. The summed E-state index contributed by atoms with van der Waals surface area (Å²) in [6.07, 6.45) is 10.7. The Morgan fingerprint density at radius 3 is 2.48 bits per heavy atom. The fraction of sp³-hybridized carbons (Fsp3) is 0.700. The Hall–Kier alpha value is -2.02. The van der Waals surface area contributed by atoms with Crippen molar-refractivity contribution in [2.24, 2.45) is 11.8 Å². The van der Waals surface area contributed by atoms with Crippen molar-refractivity contribution < 1.29 is 14.3 Å². The lowest BCUT2D eigenvalue weighted by Gasteiger charge is -2.47. The molecule has 3 heterocycles. The van der Waals surface area contributed by atoms with Gasteiger partial charge in [-0.1, -0.05) is 6.92 Å². The number of rotatable bonds is 2. The Morgan fingerprint density at radius 1 is 1.15 bits per heavy atom. The third-order valence-corrected chi connectivity index (χ3v) is 6.46. The quantitative estimate of drug-likeness (QED) is 0.794. The molecule has 0 radical (unpaired) electrons. The van der Waals surface area contributed by atoms with Crippen LogP contribution in [0.5, 0.6) is 0 Å². The van der Waals surface area contributed by atoms with Gasteiger partial charge in [0, 0.05) is 19.0 Å². The molecule has 2 amide bonds. The van der Waals surface area contributed by atoms with Crippen LogP contribution >= 0.6 is 0 Å². The summed E-state index contributed by atoms with van der Waals surface area (Å²) in [4.78, 5) is 37.0. The van der Waals surface area contributed by atoms with Gasteiger partial charge in [-0.25, -0.2) is 9.97 Å². The van der Waals surface area contributed by atoms with Gasteiger partial charge in [0.05, 0.1) is 30.2 Å². The van der Waals surface area contributed by atoms with E-state index in [1.807, 2.05) is 4.90 Å². The average molecular weight is 372 g/mol. The second-order valence-electron chi connectivity index (χ2n) is 8.33. The van der Waals surface area contributed by atoms with Crippen molar-refractivity contribution in [2.75, 3.05) is 31.1 Å². The molecule has 0 unspecified atom stereocenters. The van der Waals surface area contributed by atoms with Crippen LogP contribution in [0.15, 0.2) is 18.7 Å². The Labute approximate surface area is 160 Å². The maximum atomic E-state index is 12.9. The van der Waals surface area contributed by atoms with Gasteiger partial charge in [0.2, 0.25) is 5.91 Å². The van der Waals surface area contributed by atoms with Gasteiger partial charge in [0.15, 0.2) is 0 Å². The fourth-order valence-corrected chi connectivity index (χ4v) is 4.58. The third-order valence-electron chi connectivity index (χ3n) is 6.46. The van der Waals surface area contributed by atoms with E-state index >= 15 is 0 Å². The maximum absolute atomic E-state index is 12.9. The zero-order valence-corrected chi connectivity index (χ0v) is 16.0. The van der Waals surface area contributed by atoms with E-state index in [4.69, 9.17) is 4.74 Å². The van der Waals surface area contributed by atoms with Crippen molar-refractivity contribution in [3.05, 3.63) is 18.7 Å². The van der Waals surface area contributed by atoms with Gasteiger partial charge in [-0.15, -0.1) is 0 Å². The van der Waals surface area contributed by atoms with Crippen molar-refractivity contribution >= 4 is 17.5 Å². The molecule has 146 valence electrons. The Balaban J connectivity index is 1.38. The van der Waals surface area contributed by atoms with E-state index in [0.717, 1.165) is 44.4 Å². The van der Waals surface area contributed by atoms with E-state index in [9.17, 15) is 9.59 Å². The van der Waals surface area contributed by atoms with Gasteiger partial charge in [-0.2, -0.15) is 0 Å². The first kappa shape index (κ1) is 18.3. The summed E-state index contributed by atoms with van der Waals surface area (Å²) in [6.45, 7) is 4.26. The standard InChI is InChI=1S/C20H28N4O3/c1-15-2-4-16(5-3-15)19(26)23-8-6-20(7-9-23)13-24(18(25)12-27-20)17-10-21-14-22-11-17/h10-11,14-16H,2-9,12-13H2,1H3. The molecule has 4 rings (SSSR count). The molecule has 1 saturated carbocycles. The number of ether oxygens (including phenoxy) is 1. The Morgan fingerprint density at radius 2 is 1.81 bits per heavy atom. The van der Waals surface area contributed by atoms with Crippen LogP contribution in [0.2, 0.25) is 0 Å². The van der Waals surface area contributed by atoms with Crippen molar-refractivity contribution in [1.82, 2.24) is 14.9 Å². The molecule has 3 fully saturated rings. The van der Waals surface area contributed by atoms with Gasteiger partial charge in [-0.05, 0) is 44.4 Å². The average Bonchev–Trinajstić information content (AvgIpc) is 2.71. The van der Waals surface area contributed by atoms with E-state index in [1.165, 1.54) is 6.33 Å². The summed E-state index contributed by atoms with van der Waals surface area (Å²) >= 11 is 0. The minimum absolute atomic E-state index is 0.0646. The summed E-state index contributed by atoms with van der Waals surface area (Å²) in [5, 5.41) is 0. The molecule has 1 spiro atoms. The summed E-state index contributed by atoms with van der Waals surface area (Å²) in [5.41, 5.74) is 0.335. The van der Waals surface area contributed by atoms with E-state index in [1.54, 1.807) is 17.3 Å². The summed E-state index contributed by atoms with van der Waals surface area (Å²) in [6, 6.07) is 0. The lowest BCUT2D eigenvalue weighted by Crippen LogP contribution is -2.60. The monoisotopic (exact) mass is 372 g/mol. The zero-order chi connectivity index (χ0) is 18.9. The molecule has 0 aromatic carbocycles.